The highest BCUT2D eigenvalue weighted by molar-refractivity contribution is 7.80. The number of carbonyl (C=O) groups is 1. The number of hydrogen-bond donors (Lipinski definition) is 3. The summed E-state index contributed by atoms with van der Waals surface area (Å²) in [5.74, 6) is 1.19. The SMILES string of the molecule is COc1cc(C(Nc2ccc(C#N)c(CNC(=O)OC(C)(C)C)c2)C(N)=S)cc2c1OCOC2. The van der Waals surface area contributed by atoms with Gasteiger partial charge in [0.15, 0.2) is 18.3 Å². The molecule has 1 unspecified atom stereocenters. The van der Waals surface area contributed by atoms with Crippen molar-refractivity contribution in [2.24, 2.45) is 5.73 Å². The van der Waals surface area contributed by atoms with Crippen LogP contribution in [0.15, 0.2) is 30.3 Å². The van der Waals surface area contributed by atoms with Crippen molar-refractivity contribution in [1.29, 1.82) is 5.26 Å². The van der Waals surface area contributed by atoms with Crippen LogP contribution in [0.5, 0.6) is 11.5 Å². The van der Waals surface area contributed by atoms with Gasteiger partial charge in [-0.3, -0.25) is 0 Å². The maximum atomic E-state index is 12.0. The molecule has 0 spiro atoms. The number of amides is 1. The number of nitrogens with two attached hydrogens (primary N) is 1. The highest BCUT2D eigenvalue weighted by Gasteiger charge is 2.23. The average molecular weight is 485 g/mol. The van der Waals surface area contributed by atoms with E-state index in [1.54, 1.807) is 46.1 Å². The summed E-state index contributed by atoms with van der Waals surface area (Å²) in [5.41, 5.74) is 8.76. The molecule has 34 heavy (non-hydrogen) atoms. The summed E-state index contributed by atoms with van der Waals surface area (Å²) in [6.07, 6.45) is -0.568. The van der Waals surface area contributed by atoms with Crippen LogP contribution in [-0.2, 0) is 22.6 Å². The minimum atomic E-state index is -0.623. The maximum absolute atomic E-state index is 12.0. The van der Waals surface area contributed by atoms with Gasteiger partial charge in [0.05, 0.1) is 25.3 Å². The molecule has 0 saturated heterocycles. The fraction of sp³-hybridized carbons (Fsp3) is 0.375. The Labute approximate surface area is 204 Å². The van der Waals surface area contributed by atoms with Gasteiger partial charge in [-0.15, -0.1) is 0 Å². The van der Waals surface area contributed by atoms with Gasteiger partial charge >= 0.3 is 6.09 Å². The molecule has 0 fully saturated rings. The fourth-order valence-corrected chi connectivity index (χ4v) is 3.63. The Morgan fingerprint density at radius 3 is 2.74 bits per heavy atom. The standard InChI is InChI=1S/C24H28N4O5S/c1-24(2,3)33-23(29)27-11-16-8-18(6-5-14(16)10-25)28-20(22(26)34)15-7-17-12-31-13-32-21(17)19(9-15)30-4/h5-9,20,28H,11-13H2,1-4H3,(H2,26,34)(H,27,29). The predicted molar refractivity (Wildman–Crippen MR) is 131 cm³/mol. The number of alkyl carbamates (subject to hydrolysis) is 1. The predicted octanol–water partition coefficient (Wildman–Crippen LogP) is 3.90. The van der Waals surface area contributed by atoms with E-state index < -0.39 is 17.7 Å². The summed E-state index contributed by atoms with van der Waals surface area (Å²) >= 11 is 5.34. The lowest BCUT2D eigenvalue weighted by Gasteiger charge is -2.25. The zero-order chi connectivity index (χ0) is 24.9. The van der Waals surface area contributed by atoms with E-state index in [1.165, 1.54) is 0 Å². The van der Waals surface area contributed by atoms with E-state index in [9.17, 15) is 10.1 Å². The zero-order valence-electron chi connectivity index (χ0n) is 19.6. The second-order valence-electron chi connectivity index (χ2n) is 8.64. The Morgan fingerprint density at radius 2 is 2.09 bits per heavy atom. The number of nitrogens with zero attached hydrogens (tertiary/aromatic N) is 1. The topological polar surface area (TPSA) is 128 Å². The third-order valence-corrected chi connectivity index (χ3v) is 5.13. The largest absolute Gasteiger partial charge is 0.493 e. The lowest BCUT2D eigenvalue weighted by atomic mass is 10.0. The number of ether oxygens (including phenoxy) is 4. The van der Waals surface area contributed by atoms with E-state index in [4.69, 9.17) is 36.9 Å². The molecular formula is C24H28N4O5S. The molecule has 0 saturated carbocycles. The number of nitriles is 1. The van der Waals surface area contributed by atoms with Gasteiger partial charge < -0.3 is 35.3 Å². The molecule has 0 bridgehead atoms. The molecule has 2 aromatic rings. The number of fused-ring (bicyclic) bond motifs is 1. The fourth-order valence-electron chi connectivity index (χ4n) is 3.43. The molecule has 1 aliphatic heterocycles. The van der Waals surface area contributed by atoms with Gasteiger partial charge in [0, 0.05) is 17.8 Å². The maximum Gasteiger partial charge on any atom is 0.407 e. The van der Waals surface area contributed by atoms with Crippen LogP contribution >= 0.6 is 12.2 Å². The molecule has 10 heteroatoms. The van der Waals surface area contributed by atoms with Crippen molar-refractivity contribution in [2.75, 3.05) is 19.2 Å². The molecule has 1 heterocycles. The van der Waals surface area contributed by atoms with Crippen molar-refractivity contribution in [3.63, 3.8) is 0 Å². The number of rotatable bonds is 7. The van der Waals surface area contributed by atoms with Crippen LogP contribution < -0.4 is 25.8 Å². The normalized spacial score (nSPS) is 13.5. The Bertz CT molecular complexity index is 1110. The Balaban J connectivity index is 1.85. The van der Waals surface area contributed by atoms with Crippen LogP contribution in [-0.4, -0.2) is 30.6 Å². The first kappa shape index (κ1) is 25.1. The lowest BCUT2D eigenvalue weighted by molar-refractivity contribution is -0.0180. The molecule has 3 rings (SSSR count). The van der Waals surface area contributed by atoms with Crippen LogP contribution in [0.4, 0.5) is 10.5 Å². The van der Waals surface area contributed by atoms with Gasteiger partial charge in [0.2, 0.25) is 0 Å². The van der Waals surface area contributed by atoms with Crippen LogP contribution in [0.2, 0.25) is 0 Å². The number of methoxy groups -OCH3 is 1. The highest BCUT2D eigenvalue weighted by Crippen LogP contribution is 2.38. The minimum absolute atomic E-state index is 0.117. The number of hydrogen-bond acceptors (Lipinski definition) is 8. The van der Waals surface area contributed by atoms with Crippen molar-refractivity contribution < 1.29 is 23.7 Å². The number of nitrogens with one attached hydrogen (secondary N) is 2. The van der Waals surface area contributed by atoms with E-state index in [0.717, 1.165) is 11.1 Å². The summed E-state index contributed by atoms with van der Waals surface area (Å²) in [7, 11) is 1.56. The zero-order valence-corrected chi connectivity index (χ0v) is 20.4. The van der Waals surface area contributed by atoms with Crippen molar-refractivity contribution in [1.82, 2.24) is 5.32 Å². The smallest absolute Gasteiger partial charge is 0.407 e. The molecule has 1 aliphatic rings. The third kappa shape index (κ3) is 6.27. The first-order chi connectivity index (χ1) is 16.1. The van der Waals surface area contributed by atoms with E-state index >= 15 is 0 Å². The second kappa shape index (κ2) is 10.6. The van der Waals surface area contributed by atoms with Gasteiger partial charge in [-0.05, 0) is 62.2 Å². The monoisotopic (exact) mass is 484 g/mol. The van der Waals surface area contributed by atoms with Crippen molar-refractivity contribution in [3.8, 4) is 17.6 Å². The molecule has 0 aliphatic carbocycles. The molecule has 4 N–H and O–H groups in total. The van der Waals surface area contributed by atoms with Crippen molar-refractivity contribution in [3.05, 3.63) is 52.6 Å². The molecule has 180 valence electrons. The van der Waals surface area contributed by atoms with Gasteiger partial charge in [0.25, 0.3) is 0 Å². The van der Waals surface area contributed by atoms with E-state index in [-0.39, 0.29) is 18.3 Å². The number of anilines is 1. The lowest BCUT2D eigenvalue weighted by Crippen LogP contribution is -2.32. The highest BCUT2D eigenvalue weighted by atomic mass is 32.1. The molecule has 0 aromatic heterocycles. The Morgan fingerprint density at radius 1 is 1.32 bits per heavy atom. The average Bonchev–Trinajstić information content (AvgIpc) is 2.79. The van der Waals surface area contributed by atoms with E-state index in [0.29, 0.717) is 34.9 Å². The Kier molecular flexibility index (Phi) is 7.81. The van der Waals surface area contributed by atoms with Gasteiger partial charge in [-0.2, -0.15) is 5.26 Å². The van der Waals surface area contributed by atoms with Crippen LogP contribution in [0, 0.1) is 11.3 Å². The summed E-state index contributed by atoms with van der Waals surface area (Å²) in [6.45, 7) is 5.99. The molecule has 0 radical (unpaired) electrons. The van der Waals surface area contributed by atoms with Gasteiger partial charge in [0.1, 0.15) is 16.6 Å². The first-order valence-corrected chi connectivity index (χ1v) is 11.0. The van der Waals surface area contributed by atoms with Gasteiger partial charge in [-0.1, -0.05) is 12.2 Å². The van der Waals surface area contributed by atoms with Crippen LogP contribution in [0.1, 0.15) is 49.1 Å². The number of benzene rings is 2. The summed E-state index contributed by atoms with van der Waals surface area (Å²) in [4.78, 5) is 12.3. The minimum Gasteiger partial charge on any atom is -0.493 e. The van der Waals surface area contributed by atoms with Crippen molar-refractivity contribution in [2.45, 2.75) is 45.6 Å². The molecule has 1 atom stereocenters. The summed E-state index contributed by atoms with van der Waals surface area (Å²) in [5, 5.41) is 15.5. The Hall–Kier alpha value is -3.55. The third-order valence-electron chi connectivity index (χ3n) is 4.89. The quantitative estimate of drug-likeness (QED) is 0.501. The van der Waals surface area contributed by atoms with Crippen molar-refractivity contribution >= 4 is 29.0 Å². The number of carbonyl (C=O) groups excluding carboxylic acids is 1. The van der Waals surface area contributed by atoms with E-state index in [2.05, 4.69) is 16.7 Å². The van der Waals surface area contributed by atoms with E-state index in [1.807, 2.05) is 12.1 Å². The molecular weight excluding hydrogens is 456 g/mol. The van der Waals surface area contributed by atoms with Crippen LogP contribution in [0.25, 0.3) is 0 Å². The molecule has 9 nitrogen and oxygen atoms in total. The number of thiocarbonyl (C=S) groups is 1. The molecule has 1 amide bonds. The molecule has 2 aromatic carbocycles. The first-order valence-electron chi connectivity index (χ1n) is 10.6. The van der Waals surface area contributed by atoms with Crippen LogP contribution in [0.3, 0.4) is 0 Å². The summed E-state index contributed by atoms with van der Waals surface area (Å²) < 4.78 is 21.7. The van der Waals surface area contributed by atoms with Gasteiger partial charge in [-0.25, -0.2) is 4.79 Å². The second-order valence-corrected chi connectivity index (χ2v) is 9.11. The summed E-state index contributed by atoms with van der Waals surface area (Å²) in [6, 6.07) is 10.5.